The molecule has 0 radical (unpaired) electrons. The minimum atomic E-state index is -0.129. The van der Waals surface area contributed by atoms with Crippen LogP contribution in [-0.2, 0) is 0 Å². The molecule has 0 fully saturated rings. The van der Waals surface area contributed by atoms with Gasteiger partial charge in [-0.05, 0) is 77.9 Å². The fraction of sp³-hybridized carbons (Fsp3) is 0. The van der Waals surface area contributed by atoms with Crippen molar-refractivity contribution >= 4 is 44.0 Å². The molecule has 0 aliphatic heterocycles. The van der Waals surface area contributed by atoms with Crippen molar-refractivity contribution in [2.24, 2.45) is 0 Å². The molecule has 0 amide bonds. The summed E-state index contributed by atoms with van der Waals surface area (Å²) in [4.78, 5) is 58.2. The predicted molar refractivity (Wildman–Crippen MR) is 200 cm³/mol. The quantitative estimate of drug-likeness (QED) is 0.166. The van der Waals surface area contributed by atoms with Gasteiger partial charge in [-0.2, -0.15) is 0 Å². The summed E-state index contributed by atoms with van der Waals surface area (Å²) in [6.07, 6.45) is 10.1. The number of hydrogen-bond acceptors (Lipinski definition) is 8. The third-order valence-corrected chi connectivity index (χ3v) is 9.27. The Morgan fingerprint density at radius 2 is 1.27 bits per heavy atom. The first-order valence-electron chi connectivity index (χ1n) is 16.5. The molecule has 11 nitrogen and oxygen atoms in total. The summed E-state index contributed by atoms with van der Waals surface area (Å²) in [6.45, 7) is 0. The maximum atomic E-state index is 12.8. The number of aromatic nitrogens is 8. The molecule has 52 heavy (non-hydrogen) atoms. The average Bonchev–Trinajstić information content (AvgIpc) is 3.88. The summed E-state index contributed by atoms with van der Waals surface area (Å²) >= 11 is 0. The first-order valence-corrected chi connectivity index (χ1v) is 16.5. The van der Waals surface area contributed by atoms with Gasteiger partial charge in [0.15, 0.2) is 16.6 Å². The molecule has 0 atom stereocenters. The molecule has 0 aliphatic rings. The number of pyridine rings is 6. The first kappa shape index (κ1) is 29.4. The fourth-order valence-electron chi connectivity index (χ4n) is 6.70. The number of nitrogens with one attached hydrogen (secondary N) is 3. The topological polar surface area (TPSA) is 159 Å². The largest absolute Gasteiger partial charge is 0.454 e. The molecule has 10 aromatic rings. The number of rotatable bonds is 5. The van der Waals surface area contributed by atoms with E-state index >= 15 is 0 Å². The minimum absolute atomic E-state index is 0.115. The molecule has 10 rings (SSSR count). The van der Waals surface area contributed by atoms with Gasteiger partial charge in [0.2, 0.25) is 0 Å². The molecule has 8 heterocycles. The van der Waals surface area contributed by atoms with Gasteiger partial charge in [-0.15, -0.1) is 0 Å². The monoisotopic (exact) mass is 676 g/mol. The Kier molecular flexibility index (Phi) is 6.52. The van der Waals surface area contributed by atoms with Gasteiger partial charge < -0.3 is 19.4 Å². The van der Waals surface area contributed by atoms with Gasteiger partial charge in [0.05, 0.1) is 39.3 Å². The van der Waals surface area contributed by atoms with Crippen LogP contribution in [0.3, 0.4) is 0 Å². The van der Waals surface area contributed by atoms with Crippen LogP contribution in [0, 0.1) is 0 Å². The fourth-order valence-corrected chi connectivity index (χ4v) is 6.70. The summed E-state index contributed by atoms with van der Waals surface area (Å²) < 4.78 is 6.50. The summed E-state index contributed by atoms with van der Waals surface area (Å²) in [7, 11) is 0. The minimum Gasteiger partial charge on any atom is -0.454 e. The van der Waals surface area contributed by atoms with Crippen molar-refractivity contribution in [3.63, 3.8) is 0 Å². The summed E-state index contributed by atoms with van der Waals surface area (Å²) in [6, 6.07) is 28.2. The van der Waals surface area contributed by atoms with Crippen molar-refractivity contribution in [2.75, 3.05) is 0 Å². The van der Waals surface area contributed by atoms with Gasteiger partial charge >= 0.3 is 0 Å². The molecule has 0 aliphatic carbocycles. The van der Waals surface area contributed by atoms with E-state index in [1.807, 2.05) is 78.9 Å². The second-order valence-corrected chi connectivity index (χ2v) is 12.4. The lowest BCUT2D eigenvalue weighted by molar-refractivity contribution is 0.595. The van der Waals surface area contributed by atoms with Gasteiger partial charge in [0.25, 0.3) is 0 Å². The van der Waals surface area contributed by atoms with Crippen molar-refractivity contribution in [2.45, 2.75) is 0 Å². The third kappa shape index (κ3) is 4.87. The van der Waals surface area contributed by atoms with E-state index < -0.39 is 0 Å². The number of benzene rings is 2. The average molecular weight is 677 g/mol. The Morgan fingerprint density at radius 1 is 0.558 bits per heavy atom. The number of furan rings is 1. The Hall–Kier alpha value is -7.53. The summed E-state index contributed by atoms with van der Waals surface area (Å²) in [5.74, 6) is 1.13. The van der Waals surface area contributed by atoms with E-state index in [1.54, 1.807) is 37.3 Å². The molecular formula is C41H24N8O3. The lowest BCUT2D eigenvalue weighted by Gasteiger charge is -2.12. The van der Waals surface area contributed by atoms with Crippen LogP contribution >= 0.6 is 0 Å². The van der Waals surface area contributed by atoms with Gasteiger partial charge in [-0.25, -0.2) is 15.0 Å². The predicted octanol–water partition coefficient (Wildman–Crippen LogP) is 7.91. The molecule has 0 saturated heterocycles. The second-order valence-electron chi connectivity index (χ2n) is 12.4. The van der Waals surface area contributed by atoms with E-state index in [4.69, 9.17) is 19.4 Å². The molecule has 2 aromatic carbocycles. The highest BCUT2D eigenvalue weighted by atomic mass is 16.3. The number of aromatic amines is 3. The number of nitrogens with zero attached hydrogens (tertiary/aromatic N) is 5. The number of hydrogen-bond donors (Lipinski definition) is 3. The van der Waals surface area contributed by atoms with E-state index in [9.17, 15) is 9.59 Å². The Morgan fingerprint density at radius 3 is 2.06 bits per heavy atom. The zero-order valence-corrected chi connectivity index (χ0v) is 27.1. The molecule has 0 bridgehead atoms. The van der Waals surface area contributed by atoms with E-state index in [0.29, 0.717) is 45.0 Å². The van der Waals surface area contributed by atoms with Crippen LogP contribution in [0.15, 0.2) is 142 Å². The Balaban J connectivity index is 1.09. The van der Waals surface area contributed by atoms with Gasteiger partial charge in [-0.1, -0.05) is 12.1 Å². The van der Waals surface area contributed by atoms with Crippen LogP contribution in [0.1, 0.15) is 0 Å². The first-order chi connectivity index (χ1) is 25.6. The maximum Gasteiger partial charge on any atom is 0.191 e. The summed E-state index contributed by atoms with van der Waals surface area (Å²) in [5, 5.41) is 1.85. The van der Waals surface area contributed by atoms with Gasteiger partial charge in [0.1, 0.15) is 22.7 Å². The Labute approximate surface area is 292 Å². The maximum absolute atomic E-state index is 12.8. The smallest absolute Gasteiger partial charge is 0.191 e. The van der Waals surface area contributed by atoms with E-state index in [0.717, 1.165) is 55.3 Å². The van der Waals surface area contributed by atoms with E-state index in [1.165, 1.54) is 12.1 Å². The van der Waals surface area contributed by atoms with Crippen LogP contribution in [0.4, 0.5) is 0 Å². The second kappa shape index (κ2) is 11.5. The number of fused-ring (bicyclic) bond motifs is 4. The lowest BCUT2D eigenvalue weighted by atomic mass is 9.97. The zero-order chi connectivity index (χ0) is 34.8. The van der Waals surface area contributed by atoms with Crippen molar-refractivity contribution in [1.82, 2.24) is 39.9 Å². The molecule has 0 spiro atoms. The normalized spacial score (nSPS) is 11.6. The molecule has 3 N–H and O–H groups in total. The summed E-state index contributed by atoms with van der Waals surface area (Å²) in [5.41, 5.74) is 9.35. The highest BCUT2D eigenvalue weighted by molar-refractivity contribution is 5.95. The molecule has 0 unspecified atom stereocenters. The van der Waals surface area contributed by atoms with Gasteiger partial charge in [-0.3, -0.25) is 19.6 Å². The van der Waals surface area contributed by atoms with Crippen LogP contribution in [-0.4, -0.2) is 39.9 Å². The molecule has 0 saturated carbocycles. The van der Waals surface area contributed by atoms with Crippen LogP contribution in [0.2, 0.25) is 0 Å². The standard InChI is InChI=1S/C41H24N8O3/c50-34-9-12-43-40-29(34)17-27(38(48-40)24-2-1-11-42-19-24)22-3-5-31-25(14-22)15-26(20-45-31)36-7-8-37(52-36)39-28(18-30-35(51)10-13-44-41(30)49-39)23-4-6-32-33(16-23)47-21-46-32/h1-21H,(H,46,47)(H,43,48,50)(H,44,49,51). The zero-order valence-electron chi connectivity index (χ0n) is 27.1. The highest BCUT2D eigenvalue weighted by Crippen LogP contribution is 2.38. The van der Waals surface area contributed by atoms with Crippen molar-refractivity contribution in [3.8, 4) is 56.3 Å². The molecular weight excluding hydrogens is 653 g/mol. The molecule has 8 aromatic heterocycles. The number of imidazole rings is 1. The van der Waals surface area contributed by atoms with Crippen LogP contribution in [0.5, 0.6) is 0 Å². The third-order valence-electron chi connectivity index (χ3n) is 9.27. The van der Waals surface area contributed by atoms with E-state index in [2.05, 4.69) is 24.9 Å². The molecule has 246 valence electrons. The van der Waals surface area contributed by atoms with Crippen molar-refractivity contribution < 1.29 is 4.42 Å². The lowest BCUT2D eigenvalue weighted by Crippen LogP contribution is -2.03. The van der Waals surface area contributed by atoms with Crippen LogP contribution in [0.25, 0.3) is 100 Å². The van der Waals surface area contributed by atoms with Crippen molar-refractivity contribution in [3.05, 3.63) is 149 Å². The SMILES string of the molecule is O=c1cc[nH]c2nc(-c3cccnc3)c(-c3ccc4ncc(-c5ccc(-c6nc7[nH]ccc(=O)c7cc6-c6ccc7[nH]cnc7c6)o5)cc4c3)cc12. The van der Waals surface area contributed by atoms with Gasteiger partial charge in [0, 0.05) is 70.8 Å². The van der Waals surface area contributed by atoms with Crippen LogP contribution < -0.4 is 10.9 Å². The van der Waals surface area contributed by atoms with E-state index in [-0.39, 0.29) is 10.9 Å². The Bertz CT molecular complexity index is 3140. The number of H-pyrrole nitrogens is 3. The van der Waals surface area contributed by atoms with Crippen molar-refractivity contribution in [1.29, 1.82) is 0 Å². The highest BCUT2D eigenvalue weighted by Gasteiger charge is 2.19. The molecule has 11 heteroatoms.